The molecule has 102 valence electrons. The Hall–Kier alpha value is -1.24. The Morgan fingerprint density at radius 3 is 2.95 bits per heavy atom. The van der Waals surface area contributed by atoms with Crippen LogP contribution in [-0.4, -0.2) is 15.6 Å². The van der Waals surface area contributed by atoms with E-state index in [1.807, 2.05) is 6.92 Å². The molecule has 0 amide bonds. The summed E-state index contributed by atoms with van der Waals surface area (Å²) in [5.74, 6) is 7.07. The van der Waals surface area contributed by atoms with Crippen LogP contribution in [0.2, 0.25) is 0 Å². The van der Waals surface area contributed by atoms with E-state index in [-0.39, 0.29) is 5.60 Å². The fourth-order valence-electron chi connectivity index (χ4n) is 2.51. The molecule has 3 rings (SSSR count). The number of hydrogen-bond donors (Lipinski definition) is 2. The molecule has 0 bridgehead atoms. The van der Waals surface area contributed by atoms with Crippen molar-refractivity contribution in [3.63, 3.8) is 0 Å². The highest BCUT2D eigenvalue weighted by Crippen LogP contribution is 2.41. The maximum absolute atomic E-state index is 5.98. The SMILES string of the molecule is CCC1(C)Cc2c(sc3nc(C)nc(NN)c23)CO1. The zero-order chi connectivity index (χ0) is 13.6. The summed E-state index contributed by atoms with van der Waals surface area (Å²) in [6, 6.07) is 0. The summed E-state index contributed by atoms with van der Waals surface area (Å²) in [6.07, 6.45) is 1.88. The van der Waals surface area contributed by atoms with Crippen molar-refractivity contribution in [1.82, 2.24) is 9.97 Å². The molecule has 0 aromatic carbocycles. The Labute approximate surface area is 116 Å². The van der Waals surface area contributed by atoms with Crippen LogP contribution >= 0.6 is 11.3 Å². The van der Waals surface area contributed by atoms with Crippen molar-refractivity contribution in [2.24, 2.45) is 5.84 Å². The van der Waals surface area contributed by atoms with Gasteiger partial charge in [0.15, 0.2) is 5.82 Å². The van der Waals surface area contributed by atoms with E-state index in [2.05, 4.69) is 29.2 Å². The van der Waals surface area contributed by atoms with E-state index in [0.717, 1.165) is 34.7 Å². The molecule has 0 aliphatic carbocycles. The van der Waals surface area contributed by atoms with Crippen LogP contribution in [-0.2, 0) is 17.8 Å². The summed E-state index contributed by atoms with van der Waals surface area (Å²) in [4.78, 5) is 11.2. The molecule has 19 heavy (non-hydrogen) atoms. The molecular weight excluding hydrogens is 260 g/mol. The van der Waals surface area contributed by atoms with Crippen molar-refractivity contribution in [2.75, 3.05) is 5.43 Å². The van der Waals surface area contributed by atoms with Crippen LogP contribution in [0.5, 0.6) is 0 Å². The van der Waals surface area contributed by atoms with Gasteiger partial charge in [-0.15, -0.1) is 11.3 Å². The molecule has 3 heterocycles. The molecule has 1 aliphatic rings. The first kappa shape index (κ1) is 12.8. The Morgan fingerprint density at radius 1 is 1.47 bits per heavy atom. The fraction of sp³-hybridized carbons (Fsp3) is 0.538. The second-order valence-corrected chi connectivity index (χ2v) is 6.30. The predicted octanol–water partition coefficient (Wildman–Crippen LogP) is 2.53. The third-order valence-electron chi connectivity index (χ3n) is 3.83. The molecule has 0 saturated carbocycles. The van der Waals surface area contributed by atoms with Crippen molar-refractivity contribution in [3.8, 4) is 0 Å². The summed E-state index contributed by atoms with van der Waals surface area (Å²) in [6.45, 7) is 6.85. The topological polar surface area (TPSA) is 73.1 Å². The van der Waals surface area contributed by atoms with Crippen LogP contribution in [0.4, 0.5) is 5.82 Å². The summed E-state index contributed by atoms with van der Waals surface area (Å²) in [5.41, 5.74) is 3.90. The largest absolute Gasteiger partial charge is 0.369 e. The van der Waals surface area contributed by atoms with Gasteiger partial charge < -0.3 is 10.2 Å². The Balaban J connectivity index is 2.22. The minimum Gasteiger partial charge on any atom is -0.369 e. The molecule has 0 saturated heterocycles. The van der Waals surface area contributed by atoms with Gasteiger partial charge in [0.1, 0.15) is 10.7 Å². The third kappa shape index (κ3) is 2.00. The molecule has 6 heteroatoms. The molecule has 0 radical (unpaired) electrons. The van der Waals surface area contributed by atoms with Gasteiger partial charge in [0, 0.05) is 11.3 Å². The van der Waals surface area contributed by atoms with E-state index in [1.165, 1.54) is 10.4 Å². The quantitative estimate of drug-likeness (QED) is 0.652. The van der Waals surface area contributed by atoms with Gasteiger partial charge in [-0.2, -0.15) is 0 Å². The van der Waals surface area contributed by atoms with E-state index in [4.69, 9.17) is 10.6 Å². The number of anilines is 1. The lowest BCUT2D eigenvalue weighted by Gasteiger charge is -2.33. The van der Waals surface area contributed by atoms with E-state index in [9.17, 15) is 0 Å². The number of nitrogens with one attached hydrogen (secondary N) is 1. The molecule has 0 fully saturated rings. The van der Waals surface area contributed by atoms with Crippen molar-refractivity contribution < 1.29 is 4.74 Å². The summed E-state index contributed by atoms with van der Waals surface area (Å²) in [7, 11) is 0. The first-order valence-electron chi connectivity index (χ1n) is 6.46. The number of nitrogens with two attached hydrogens (primary N) is 1. The molecule has 1 atom stereocenters. The lowest BCUT2D eigenvalue weighted by atomic mass is 9.90. The Kier molecular flexibility index (Phi) is 2.96. The molecule has 0 spiro atoms. The number of rotatable bonds is 2. The van der Waals surface area contributed by atoms with Crippen molar-refractivity contribution in [3.05, 3.63) is 16.3 Å². The van der Waals surface area contributed by atoms with Gasteiger partial charge in [-0.25, -0.2) is 15.8 Å². The van der Waals surface area contributed by atoms with Crippen LogP contribution in [0.15, 0.2) is 0 Å². The molecule has 5 nitrogen and oxygen atoms in total. The molecule has 1 aliphatic heterocycles. The van der Waals surface area contributed by atoms with Gasteiger partial charge in [0.05, 0.1) is 17.6 Å². The van der Waals surface area contributed by atoms with E-state index in [0.29, 0.717) is 6.61 Å². The number of nitrogens with zero attached hydrogens (tertiary/aromatic N) is 2. The van der Waals surface area contributed by atoms with Crippen LogP contribution in [0.25, 0.3) is 10.2 Å². The first-order valence-corrected chi connectivity index (χ1v) is 7.27. The second kappa shape index (κ2) is 4.40. The lowest BCUT2D eigenvalue weighted by molar-refractivity contribution is -0.0542. The highest BCUT2D eigenvalue weighted by Gasteiger charge is 2.32. The highest BCUT2D eigenvalue weighted by atomic mass is 32.1. The number of aromatic nitrogens is 2. The summed E-state index contributed by atoms with van der Waals surface area (Å²) >= 11 is 1.68. The molecule has 2 aromatic rings. The van der Waals surface area contributed by atoms with E-state index in [1.54, 1.807) is 11.3 Å². The van der Waals surface area contributed by atoms with Gasteiger partial charge in [-0.05, 0) is 25.8 Å². The first-order chi connectivity index (χ1) is 9.06. The highest BCUT2D eigenvalue weighted by molar-refractivity contribution is 7.18. The number of hydrazine groups is 1. The number of hydrogen-bond acceptors (Lipinski definition) is 6. The number of fused-ring (bicyclic) bond motifs is 3. The van der Waals surface area contributed by atoms with E-state index >= 15 is 0 Å². The zero-order valence-corrected chi connectivity index (χ0v) is 12.2. The zero-order valence-electron chi connectivity index (χ0n) is 11.4. The minimum atomic E-state index is -0.0994. The standard InChI is InChI=1S/C13H18N4OS/c1-4-13(3)5-8-9(6-18-13)19-12-10(8)11(17-14)15-7(2)16-12/h4-6,14H2,1-3H3,(H,15,16,17). The molecule has 2 aromatic heterocycles. The van der Waals surface area contributed by atoms with Gasteiger partial charge in [0.2, 0.25) is 0 Å². The monoisotopic (exact) mass is 278 g/mol. The van der Waals surface area contributed by atoms with Crippen LogP contribution in [0, 0.1) is 6.92 Å². The van der Waals surface area contributed by atoms with Crippen LogP contribution < -0.4 is 11.3 Å². The van der Waals surface area contributed by atoms with Crippen LogP contribution in [0.1, 0.15) is 36.5 Å². The van der Waals surface area contributed by atoms with Crippen LogP contribution in [0.3, 0.4) is 0 Å². The van der Waals surface area contributed by atoms with Gasteiger partial charge in [0.25, 0.3) is 0 Å². The van der Waals surface area contributed by atoms with Gasteiger partial charge in [-0.1, -0.05) is 6.92 Å². The third-order valence-corrected chi connectivity index (χ3v) is 4.93. The number of thiophene rings is 1. The fourth-order valence-corrected chi connectivity index (χ4v) is 3.66. The second-order valence-electron chi connectivity index (χ2n) is 5.22. The number of ether oxygens (including phenoxy) is 1. The average Bonchev–Trinajstić information content (AvgIpc) is 2.75. The van der Waals surface area contributed by atoms with Crippen molar-refractivity contribution >= 4 is 27.4 Å². The molecule has 1 unspecified atom stereocenters. The molecular formula is C13H18N4OS. The number of aryl methyl sites for hydroxylation is 1. The Bertz CT molecular complexity index is 639. The predicted molar refractivity (Wildman–Crippen MR) is 77.2 cm³/mol. The van der Waals surface area contributed by atoms with Crippen molar-refractivity contribution in [1.29, 1.82) is 0 Å². The van der Waals surface area contributed by atoms with Gasteiger partial charge in [-0.3, -0.25) is 0 Å². The van der Waals surface area contributed by atoms with E-state index < -0.39 is 0 Å². The Morgan fingerprint density at radius 2 is 2.26 bits per heavy atom. The number of nitrogen functional groups attached to an aromatic ring is 1. The van der Waals surface area contributed by atoms with Gasteiger partial charge >= 0.3 is 0 Å². The minimum absolute atomic E-state index is 0.0994. The van der Waals surface area contributed by atoms with Crippen molar-refractivity contribution in [2.45, 2.75) is 45.8 Å². The average molecular weight is 278 g/mol. The normalized spacial score (nSPS) is 22.5. The maximum Gasteiger partial charge on any atom is 0.152 e. The smallest absolute Gasteiger partial charge is 0.152 e. The molecule has 3 N–H and O–H groups in total. The summed E-state index contributed by atoms with van der Waals surface area (Å²) < 4.78 is 5.98. The lowest BCUT2D eigenvalue weighted by Crippen LogP contribution is -2.34. The maximum atomic E-state index is 5.98. The summed E-state index contributed by atoms with van der Waals surface area (Å²) in [5, 5.41) is 1.07.